The van der Waals surface area contributed by atoms with Gasteiger partial charge in [-0.15, -0.1) is 0 Å². The lowest BCUT2D eigenvalue weighted by Crippen LogP contribution is -2.38. The minimum atomic E-state index is -0.109. The van der Waals surface area contributed by atoms with Crippen LogP contribution in [0.1, 0.15) is 12.2 Å². The van der Waals surface area contributed by atoms with Gasteiger partial charge in [0.25, 0.3) is 0 Å². The second-order valence-electron chi connectivity index (χ2n) is 5.71. The molecular formula is C18H20BrN3O3. The predicted molar refractivity (Wildman–Crippen MR) is 99.5 cm³/mol. The van der Waals surface area contributed by atoms with Crippen molar-refractivity contribution in [3.63, 3.8) is 0 Å². The van der Waals surface area contributed by atoms with Crippen molar-refractivity contribution >= 4 is 28.1 Å². The molecule has 1 aliphatic heterocycles. The molecule has 1 N–H and O–H groups in total. The van der Waals surface area contributed by atoms with Crippen LogP contribution >= 0.6 is 15.9 Å². The van der Waals surface area contributed by atoms with Crippen LogP contribution in [0.25, 0.3) is 11.3 Å². The van der Waals surface area contributed by atoms with E-state index in [2.05, 4.69) is 31.4 Å². The van der Waals surface area contributed by atoms with Crippen LogP contribution in [0.5, 0.6) is 0 Å². The molecule has 0 unspecified atom stereocenters. The number of hydrazone groups is 1. The number of hydrogen-bond acceptors (Lipinski definition) is 5. The lowest BCUT2D eigenvalue weighted by Gasteiger charge is -2.25. The fraction of sp³-hybridized carbons (Fsp3) is 0.333. The van der Waals surface area contributed by atoms with E-state index in [-0.39, 0.29) is 5.91 Å². The van der Waals surface area contributed by atoms with E-state index in [0.717, 1.165) is 48.6 Å². The van der Waals surface area contributed by atoms with Crippen molar-refractivity contribution in [1.82, 2.24) is 10.3 Å². The maximum absolute atomic E-state index is 11.8. The molecule has 1 amide bonds. The molecule has 0 saturated carbocycles. The van der Waals surface area contributed by atoms with Gasteiger partial charge in [0.1, 0.15) is 11.5 Å². The van der Waals surface area contributed by atoms with Gasteiger partial charge >= 0.3 is 0 Å². The molecule has 1 aromatic carbocycles. The van der Waals surface area contributed by atoms with Crippen molar-refractivity contribution < 1.29 is 13.9 Å². The van der Waals surface area contributed by atoms with E-state index >= 15 is 0 Å². The zero-order chi connectivity index (χ0) is 17.5. The first-order valence-corrected chi connectivity index (χ1v) is 8.98. The van der Waals surface area contributed by atoms with Gasteiger partial charge in [-0.25, -0.2) is 5.43 Å². The SMILES string of the molecule is O=C(CCN1CCOCC1)NN=Cc1ccc(-c2ccc(Br)cc2)o1. The Morgan fingerprint density at radius 2 is 1.96 bits per heavy atom. The zero-order valence-electron chi connectivity index (χ0n) is 13.8. The van der Waals surface area contributed by atoms with Gasteiger partial charge in [0.05, 0.1) is 19.4 Å². The number of nitrogens with one attached hydrogen (secondary N) is 1. The van der Waals surface area contributed by atoms with E-state index in [4.69, 9.17) is 9.15 Å². The Balaban J connectivity index is 1.45. The molecule has 1 saturated heterocycles. The average molecular weight is 406 g/mol. The zero-order valence-corrected chi connectivity index (χ0v) is 15.4. The molecule has 1 aliphatic rings. The van der Waals surface area contributed by atoms with E-state index < -0.39 is 0 Å². The van der Waals surface area contributed by atoms with Crippen molar-refractivity contribution in [2.45, 2.75) is 6.42 Å². The number of carbonyl (C=O) groups is 1. The summed E-state index contributed by atoms with van der Waals surface area (Å²) in [6, 6.07) is 11.6. The number of morpholine rings is 1. The normalized spacial score (nSPS) is 15.6. The first-order chi connectivity index (χ1) is 12.2. The highest BCUT2D eigenvalue weighted by Gasteiger charge is 2.11. The van der Waals surface area contributed by atoms with Gasteiger partial charge < -0.3 is 9.15 Å². The average Bonchev–Trinajstić information content (AvgIpc) is 3.10. The van der Waals surface area contributed by atoms with Crippen LogP contribution in [0.2, 0.25) is 0 Å². The van der Waals surface area contributed by atoms with Crippen LogP contribution in [0, 0.1) is 0 Å². The molecule has 7 heteroatoms. The van der Waals surface area contributed by atoms with E-state index in [9.17, 15) is 4.79 Å². The molecule has 0 spiro atoms. The fourth-order valence-corrected chi connectivity index (χ4v) is 2.76. The Morgan fingerprint density at radius 3 is 2.72 bits per heavy atom. The number of carbonyl (C=O) groups excluding carboxylic acids is 1. The summed E-state index contributed by atoms with van der Waals surface area (Å²) >= 11 is 3.41. The molecule has 0 atom stereocenters. The van der Waals surface area contributed by atoms with Crippen molar-refractivity contribution in [2.24, 2.45) is 5.10 Å². The van der Waals surface area contributed by atoms with Crippen LogP contribution in [-0.2, 0) is 9.53 Å². The lowest BCUT2D eigenvalue weighted by molar-refractivity contribution is -0.121. The molecule has 1 fully saturated rings. The number of halogens is 1. The highest BCUT2D eigenvalue weighted by Crippen LogP contribution is 2.23. The van der Waals surface area contributed by atoms with Crippen molar-refractivity contribution in [1.29, 1.82) is 0 Å². The number of nitrogens with zero attached hydrogens (tertiary/aromatic N) is 2. The summed E-state index contributed by atoms with van der Waals surface area (Å²) in [6.45, 7) is 3.95. The summed E-state index contributed by atoms with van der Waals surface area (Å²) in [4.78, 5) is 14.0. The number of benzene rings is 1. The van der Waals surface area contributed by atoms with Crippen molar-refractivity contribution in [3.8, 4) is 11.3 Å². The lowest BCUT2D eigenvalue weighted by atomic mass is 10.2. The van der Waals surface area contributed by atoms with Crippen LogP contribution in [0.4, 0.5) is 0 Å². The van der Waals surface area contributed by atoms with Gasteiger partial charge in [0, 0.05) is 36.1 Å². The van der Waals surface area contributed by atoms with Gasteiger partial charge in [-0.3, -0.25) is 9.69 Å². The van der Waals surface area contributed by atoms with Crippen LogP contribution in [0.15, 0.2) is 50.4 Å². The monoisotopic (exact) mass is 405 g/mol. The third-order valence-electron chi connectivity index (χ3n) is 3.90. The quantitative estimate of drug-likeness (QED) is 0.592. The highest BCUT2D eigenvalue weighted by molar-refractivity contribution is 9.10. The van der Waals surface area contributed by atoms with Crippen molar-refractivity contribution in [3.05, 3.63) is 46.6 Å². The minimum Gasteiger partial charge on any atom is -0.455 e. The summed E-state index contributed by atoms with van der Waals surface area (Å²) in [5.74, 6) is 1.24. The molecule has 0 radical (unpaired) electrons. The maximum atomic E-state index is 11.8. The first-order valence-electron chi connectivity index (χ1n) is 8.18. The second-order valence-corrected chi connectivity index (χ2v) is 6.62. The fourth-order valence-electron chi connectivity index (χ4n) is 2.50. The molecule has 132 valence electrons. The van der Waals surface area contributed by atoms with Gasteiger partial charge in [-0.2, -0.15) is 5.10 Å². The van der Waals surface area contributed by atoms with E-state index in [0.29, 0.717) is 12.2 Å². The molecule has 0 bridgehead atoms. The van der Waals surface area contributed by atoms with Gasteiger partial charge in [0.2, 0.25) is 5.91 Å². The summed E-state index contributed by atoms with van der Waals surface area (Å²) in [5.41, 5.74) is 3.52. The number of furan rings is 1. The highest BCUT2D eigenvalue weighted by atomic mass is 79.9. The third kappa shape index (κ3) is 5.52. The Labute approximate surface area is 155 Å². The molecule has 3 rings (SSSR count). The van der Waals surface area contributed by atoms with E-state index in [1.165, 1.54) is 6.21 Å². The minimum absolute atomic E-state index is 0.109. The van der Waals surface area contributed by atoms with Gasteiger partial charge in [-0.1, -0.05) is 28.1 Å². The molecule has 25 heavy (non-hydrogen) atoms. The van der Waals surface area contributed by atoms with Crippen LogP contribution in [-0.4, -0.2) is 49.9 Å². The van der Waals surface area contributed by atoms with E-state index in [1.807, 2.05) is 36.4 Å². The number of ether oxygens (including phenoxy) is 1. The standard InChI is InChI=1S/C18H20BrN3O3/c19-15-3-1-14(2-4-15)17-6-5-16(25-17)13-20-21-18(23)7-8-22-9-11-24-12-10-22/h1-6,13H,7-12H2,(H,21,23). The Bertz CT molecular complexity index is 721. The molecule has 6 nitrogen and oxygen atoms in total. The van der Waals surface area contributed by atoms with Crippen molar-refractivity contribution in [2.75, 3.05) is 32.8 Å². The molecular weight excluding hydrogens is 386 g/mol. The largest absolute Gasteiger partial charge is 0.455 e. The first kappa shape index (κ1) is 17.8. The second kappa shape index (κ2) is 8.94. The Kier molecular flexibility index (Phi) is 6.38. The summed E-state index contributed by atoms with van der Waals surface area (Å²) in [6.07, 6.45) is 1.93. The third-order valence-corrected chi connectivity index (χ3v) is 4.42. The number of amides is 1. The maximum Gasteiger partial charge on any atom is 0.241 e. The summed E-state index contributed by atoms with van der Waals surface area (Å²) in [5, 5.41) is 3.96. The topological polar surface area (TPSA) is 67.1 Å². The van der Waals surface area contributed by atoms with Crippen LogP contribution < -0.4 is 5.43 Å². The van der Waals surface area contributed by atoms with Gasteiger partial charge in [0.15, 0.2) is 0 Å². The molecule has 1 aromatic heterocycles. The van der Waals surface area contributed by atoms with E-state index in [1.54, 1.807) is 0 Å². The summed E-state index contributed by atoms with van der Waals surface area (Å²) < 4.78 is 12.0. The smallest absolute Gasteiger partial charge is 0.241 e. The predicted octanol–water partition coefficient (Wildman–Crippen LogP) is 2.88. The molecule has 2 heterocycles. The summed E-state index contributed by atoms with van der Waals surface area (Å²) in [7, 11) is 0. The molecule has 2 aromatic rings. The molecule has 0 aliphatic carbocycles. The van der Waals surface area contributed by atoms with Gasteiger partial charge in [-0.05, 0) is 24.3 Å². The van der Waals surface area contributed by atoms with Crippen LogP contribution in [0.3, 0.4) is 0 Å². The Morgan fingerprint density at radius 1 is 1.20 bits per heavy atom. The number of hydrogen-bond donors (Lipinski definition) is 1. The Hall–Kier alpha value is -1.96. The number of rotatable bonds is 6.